The Kier molecular flexibility index (Phi) is 6.22. The summed E-state index contributed by atoms with van der Waals surface area (Å²) in [6, 6.07) is 0. The second-order valence-electron chi connectivity index (χ2n) is 7.08. The van der Waals surface area contributed by atoms with Crippen molar-refractivity contribution >= 4 is 38.2 Å². The number of hydrogen-bond donors (Lipinski definition) is 1. The fraction of sp³-hybridized carbons (Fsp3) is 0.667. The van der Waals surface area contributed by atoms with Crippen molar-refractivity contribution < 1.29 is 22.7 Å². The molecule has 27 heavy (non-hydrogen) atoms. The molecule has 1 atom stereocenters. The highest BCUT2D eigenvalue weighted by molar-refractivity contribution is 7.88. The smallest absolute Gasteiger partial charge is 0.341 e. The van der Waals surface area contributed by atoms with E-state index in [1.165, 1.54) is 21.9 Å². The van der Waals surface area contributed by atoms with E-state index in [1.54, 1.807) is 6.92 Å². The van der Waals surface area contributed by atoms with Gasteiger partial charge in [0.1, 0.15) is 5.00 Å². The molecule has 0 saturated carbocycles. The SMILES string of the molecule is CCOC(=O)c1c(NC(=O)[C@@H]2CCCN(S(C)(=O)=O)C2)sc2c1CCCC2. The predicted octanol–water partition coefficient (Wildman–Crippen LogP) is 2.41. The van der Waals surface area contributed by atoms with E-state index >= 15 is 0 Å². The van der Waals surface area contributed by atoms with Gasteiger partial charge in [-0.25, -0.2) is 17.5 Å². The van der Waals surface area contributed by atoms with E-state index in [2.05, 4.69) is 5.32 Å². The molecule has 0 unspecified atom stereocenters. The number of carbonyl (C=O) groups is 2. The zero-order valence-electron chi connectivity index (χ0n) is 15.7. The van der Waals surface area contributed by atoms with Crippen molar-refractivity contribution in [3.63, 3.8) is 0 Å². The molecule has 1 aliphatic heterocycles. The molecule has 9 heteroatoms. The van der Waals surface area contributed by atoms with Crippen molar-refractivity contribution in [2.75, 3.05) is 31.3 Å². The quantitative estimate of drug-likeness (QED) is 0.747. The number of thiophene rings is 1. The highest BCUT2D eigenvalue weighted by Crippen LogP contribution is 2.39. The molecule has 1 aromatic heterocycles. The molecular formula is C18H26N2O5S2. The number of nitrogens with one attached hydrogen (secondary N) is 1. The lowest BCUT2D eigenvalue weighted by atomic mass is 9.95. The van der Waals surface area contributed by atoms with Crippen molar-refractivity contribution in [2.24, 2.45) is 5.92 Å². The fourth-order valence-electron chi connectivity index (χ4n) is 3.74. The van der Waals surface area contributed by atoms with Crippen molar-refractivity contribution in [3.8, 4) is 0 Å². The maximum atomic E-state index is 12.8. The van der Waals surface area contributed by atoms with Crippen LogP contribution in [-0.2, 0) is 32.4 Å². The maximum absolute atomic E-state index is 12.8. The lowest BCUT2D eigenvalue weighted by molar-refractivity contribution is -0.120. The predicted molar refractivity (Wildman–Crippen MR) is 105 cm³/mol. The largest absolute Gasteiger partial charge is 0.462 e. The second kappa shape index (κ2) is 8.28. The first kappa shape index (κ1) is 20.3. The van der Waals surface area contributed by atoms with Gasteiger partial charge < -0.3 is 10.1 Å². The first-order valence-electron chi connectivity index (χ1n) is 9.39. The summed E-state index contributed by atoms with van der Waals surface area (Å²) < 4.78 is 30.2. The molecule has 7 nitrogen and oxygen atoms in total. The summed E-state index contributed by atoms with van der Waals surface area (Å²) in [5.74, 6) is -1.04. The Labute approximate surface area is 164 Å². The minimum Gasteiger partial charge on any atom is -0.462 e. The number of amides is 1. The average Bonchev–Trinajstić information content (AvgIpc) is 2.99. The van der Waals surface area contributed by atoms with Crippen LogP contribution >= 0.6 is 11.3 Å². The van der Waals surface area contributed by atoms with Gasteiger partial charge >= 0.3 is 5.97 Å². The Morgan fingerprint density at radius 1 is 1.26 bits per heavy atom. The zero-order chi connectivity index (χ0) is 19.6. The molecule has 1 fully saturated rings. The zero-order valence-corrected chi connectivity index (χ0v) is 17.4. The van der Waals surface area contributed by atoms with Gasteiger partial charge in [-0.3, -0.25) is 4.79 Å². The van der Waals surface area contributed by atoms with Crippen LogP contribution in [0.15, 0.2) is 0 Å². The van der Waals surface area contributed by atoms with Crippen LogP contribution in [0.4, 0.5) is 5.00 Å². The van der Waals surface area contributed by atoms with E-state index in [-0.39, 0.29) is 19.1 Å². The molecule has 3 rings (SSSR count). The number of sulfonamides is 1. The standard InChI is InChI=1S/C18H26N2O5S2/c1-3-25-18(22)15-13-8-4-5-9-14(13)26-17(15)19-16(21)12-7-6-10-20(11-12)27(2,23)24/h12H,3-11H2,1-2H3,(H,19,21)/t12-/m1/s1. The normalized spacial score (nSPS) is 20.7. The van der Waals surface area contributed by atoms with Crippen LogP contribution in [0.3, 0.4) is 0 Å². The molecule has 1 aliphatic carbocycles. The summed E-state index contributed by atoms with van der Waals surface area (Å²) in [5.41, 5.74) is 1.49. The molecular weight excluding hydrogens is 388 g/mol. The highest BCUT2D eigenvalue weighted by Gasteiger charge is 2.32. The van der Waals surface area contributed by atoms with Crippen LogP contribution in [-0.4, -0.2) is 50.6 Å². The number of nitrogens with zero attached hydrogens (tertiary/aromatic N) is 1. The second-order valence-corrected chi connectivity index (χ2v) is 10.2. The topological polar surface area (TPSA) is 92.8 Å². The third-order valence-electron chi connectivity index (χ3n) is 5.11. The summed E-state index contributed by atoms with van der Waals surface area (Å²) in [6.45, 7) is 2.67. The van der Waals surface area contributed by atoms with Crippen molar-refractivity contribution in [1.82, 2.24) is 4.31 Å². The van der Waals surface area contributed by atoms with Gasteiger partial charge in [-0.15, -0.1) is 11.3 Å². The minimum absolute atomic E-state index is 0.185. The molecule has 0 radical (unpaired) electrons. The number of anilines is 1. The average molecular weight is 415 g/mol. The molecule has 1 N–H and O–H groups in total. The Hall–Kier alpha value is -1.45. The summed E-state index contributed by atoms with van der Waals surface area (Å²) in [7, 11) is -3.31. The molecule has 1 saturated heterocycles. The van der Waals surface area contributed by atoms with Crippen molar-refractivity contribution in [1.29, 1.82) is 0 Å². The molecule has 1 aromatic rings. The van der Waals surface area contributed by atoms with Gasteiger partial charge in [-0.05, 0) is 51.0 Å². The van der Waals surface area contributed by atoms with E-state index in [1.807, 2.05) is 0 Å². The Morgan fingerprint density at radius 3 is 2.70 bits per heavy atom. The fourth-order valence-corrected chi connectivity index (χ4v) is 5.94. The van der Waals surface area contributed by atoms with Gasteiger partial charge in [0.25, 0.3) is 0 Å². The van der Waals surface area contributed by atoms with Crippen molar-refractivity contribution in [2.45, 2.75) is 45.4 Å². The van der Waals surface area contributed by atoms with E-state index in [4.69, 9.17) is 4.74 Å². The van der Waals surface area contributed by atoms with Crippen LogP contribution in [0.2, 0.25) is 0 Å². The first-order valence-corrected chi connectivity index (χ1v) is 12.1. The summed E-state index contributed by atoms with van der Waals surface area (Å²) in [6.07, 6.45) is 6.28. The van der Waals surface area contributed by atoms with Crippen LogP contribution in [0.25, 0.3) is 0 Å². The van der Waals surface area contributed by atoms with Gasteiger partial charge in [-0.1, -0.05) is 0 Å². The van der Waals surface area contributed by atoms with Crippen LogP contribution in [0.1, 0.15) is 53.4 Å². The molecule has 2 aliphatic rings. The number of carbonyl (C=O) groups excluding carboxylic acids is 2. The van der Waals surface area contributed by atoms with Crippen molar-refractivity contribution in [3.05, 3.63) is 16.0 Å². The van der Waals surface area contributed by atoms with Gasteiger partial charge in [0.2, 0.25) is 15.9 Å². The number of esters is 1. The van der Waals surface area contributed by atoms with Gasteiger partial charge in [0, 0.05) is 18.0 Å². The Morgan fingerprint density at radius 2 is 2.00 bits per heavy atom. The third-order valence-corrected chi connectivity index (χ3v) is 7.59. The minimum atomic E-state index is -3.31. The van der Waals surface area contributed by atoms with Crippen LogP contribution in [0.5, 0.6) is 0 Å². The van der Waals surface area contributed by atoms with E-state index < -0.39 is 21.9 Å². The summed E-state index contributed by atoms with van der Waals surface area (Å²) in [4.78, 5) is 26.4. The Bertz CT molecular complexity index is 831. The monoisotopic (exact) mass is 414 g/mol. The summed E-state index contributed by atoms with van der Waals surface area (Å²) in [5, 5.41) is 3.45. The van der Waals surface area contributed by atoms with Gasteiger partial charge in [0.05, 0.1) is 24.3 Å². The molecule has 150 valence electrons. The number of hydrogen-bond acceptors (Lipinski definition) is 6. The number of rotatable bonds is 5. The first-order chi connectivity index (χ1) is 12.8. The molecule has 0 bridgehead atoms. The molecule has 2 heterocycles. The Balaban J connectivity index is 1.81. The number of piperidine rings is 1. The highest BCUT2D eigenvalue weighted by atomic mass is 32.2. The lowest BCUT2D eigenvalue weighted by Gasteiger charge is -2.30. The van der Waals surface area contributed by atoms with E-state index in [9.17, 15) is 18.0 Å². The van der Waals surface area contributed by atoms with Crippen LogP contribution in [0, 0.1) is 5.92 Å². The number of aryl methyl sites for hydroxylation is 1. The van der Waals surface area contributed by atoms with Gasteiger partial charge in [-0.2, -0.15) is 0 Å². The number of ether oxygens (including phenoxy) is 1. The molecule has 0 aromatic carbocycles. The number of fused-ring (bicyclic) bond motifs is 1. The maximum Gasteiger partial charge on any atom is 0.341 e. The van der Waals surface area contributed by atoms with E-state index in [0.717, 1.165) is 36.1 Å². The lowest BCUT2D eigenvalue weighted by Crippen LogP contribution is -2.43. The summed E-state index contributed by atoms with van der Waals surface area (Å²) >= 11 is 1.45. The van der Waals surface area contributed by atoms with Crippen LogP contribution < -0.4 is 5.32 Å². The molecule has 1 amide bonds. The molecule has 0 spiro atoms. The third kappa shape index (κ3) is 4.52. The van der Waals surface area contributed by atoms with Gasteiger partial charge in [0.15, 0.2) is 0 Å². The van der Waals surface area contributed by atoms with E-state index in [0.29, 0.717) is 30.0 Å².